The van der Waals surface area contributed by atoms with Crippen LogP contribution >= 0.6 is 0 Å². The molecule has 0 radical (unpaired) electrons. The lowest BCUT2D eigenvalue weighted by molar-refractivity contribution is 0.232. The normalized spacial score (nSPS) is 19.4. The molecule has 1 N–H and O–H groups in total. The second kappa shape index (κ2) is 6.82. The Kier molecular flexibility index (Phi) is 5.10. The molecule has 5 heteroatoms. The lowest BCUT2D eigenvalue weighted by atomic mass is 10.2. The maximum atomic E-state index is 4.34. The van der Waals surface area contributed by atoms with Gasteiger partial charge in [-0.15, -0.1) is 5.10 Å². The fourth-order valence-electron chi connectivity index (χ4n) is 2.78. The largest absolute Gasteiger partial charge is 0.354 e. The zero-order valence-corrected chi connectivity index (χ0v) is 12.3. The van der Waals surface area contributed by atoms with Crippen molar-refractivity contribution in [2.75, 3.05) is 38.1 Å². The molecule has 19 heavy (non-hydrogen) atoms. The van der Waals surface area contributed by atoms with Crippen molar-refractivity contribution in [2.24, 2.45) is 0 Å². The minimum absolute atomic E-state index is 0.661. The zero-order valence-electron chi connectivity index (χ0n) is 12.3. The van der Waals surface area contributed by atoms with Crippen LogP contribution in [0.5, 0.6) is 0 Å². The van der Waals surface area contributed by atoms with Crippen molar-refractivity contribution in [3.63, 3.8) is 0 Å². The molecule has 1 aliphatic heterocycles. The number of nitrogens with one attached hydrogen (secondary N) is 1. The Balaban J connectivity index is 1.96. The van der Waals surface area contributed by atoms with E-state index in [1.54, 1.807) is 0 Å². The number of hydrogen-bond donors (Lipinski definition) is 1. The van der Waals surface area contributed by atoms with Crippen LogP contribution in [0.1, 0.15) is 26.0 Å². The van der Waals surface area contributed by atoms with Gasteiger partial charge in [0.1, 0.15) is 0 Å². The summed E-state index contributed by atoms with van der Waals surface area (Å²) in [7, 11) is 1.92. The topological polar surface area (TPSA) is 44.3 Å². The first-order valence-corrected chi connectivity index (χ1v) is 7.24. The molecule has 1 aromatic heterocycles. The van der Waals surface area contributed by atoms with E-state index in [1.807, 2.05) is 7.05 Å². The molecule has 106 valence electrons. The van der Waals surface area contributed by atoms with E-state index >= 15 is 0 Å². The molecule has 1 aliphatic rings. The van der Waals surface area contributed by atoms with Gasteiger partial charge in [-0.3, -0.25) is 4.90 Å². The summed E-state index contributed by atoms with van der Waals surface area (Å²) in [6, 6.07) is 4.81. The van der Waals surface area contributed by atoms with Gasteiger partial charge in [-0.1, -0.05) is 13.8 Å². The van der Waals surface area contributed by atoms with Crippen molar-refractivity contribution in [2.45, 2.75) is 32.9 Å². The van der Waals surface area contributed by atoms with Crippen molar-refractivity contribution in [1.82, 2.24) is 20.4 Å². The molecule has 0 spiro atoms. The highest BCUT2D eigenvalue weighted by molar-refractivity contribution is 5.39. The molecule has 1 unspecified atom stereocenters. The number of anilines is 1. The summed E-state index contributed by atoms with van der Waals surface area (Å²) in [6.45, 7) is 9.65. The third-order valence-corrected chi connectivity index (χ3v) is 3.88. The number of aromatic nitrogens is 2. The van der Waals surface area contributed by atoms with Crippen LogP contribution in [-0.2, 0) is 6.54 Å². The van der Waals surface area contributed by atoms with Crippen molar-refractivity contribution in [3.8, 4) is 0 Å². The lowest BCUT2D eigenvalue weighted by Crippen LogP contribution is -2.37. The molecule has 1 atom stereocenters. The third kappa shape index (κ3) is 3.42. The van der Waals surface area contributed by atoms with Crippen LogP contribution in [0.25, 0.3) is 0 Å². The fraction of sp³-hybridized carbons (Fsp3) is 0.714. The third-order valence-electron chi connectivity index (χ3n) is 3.88. The second-order valence-corrected chi connectivity index (χ2v) is 5.02. The number of nitrogens with zero attached hydrogens (tertiary/aromatic N) is 4. The molecule has 2 rings (SSSR count). The average Bonchev–Trinajstić information content (AvgIpc) is 2.91. The fourth-order valence-corrected chi connectivity index (χ4v) is 2.78. The van der Waals surface area contributed by atoms with Gasteiger partial charge in [0.25, 0.3) is 0 Å². The second-order valence-electron chi connectivity index (χ2n) is 5.02. The van der Waals surface area contributed by atoms with Crippen molar-refractivity contribution in [1.29, 1.82) is 0 Å². The van der Waals surface area contributed by atoms with E-state index in [4.69, 9.17) is 0 Å². The molecule has 5 nitrogen and oxygen atoms in total. The Labute approximate surface area is 116 Å². The van der Waals surface area contributed by atoms with Crippen LogP contribution in [0.4, 0.5) is 5.82 Å². The number of rotatable bonds is 6. The number of hydrogen-bond acceptors (Lipinski definition) is 5. The highest BCUT2D eigenvalue weighted by atomic mass is 15.3. The summed E-state index contributed by atoms with van der Waals surface area (Å²) < 4.78 is 0. The van der Waals surface area contributed by atoms with Crippen LogP contribution in [0.2, 0.25) is 0 Å². The summed E-state index contributed by atoms with van der Waals surface area (Å²) in [5.41, 5.74) is 0.991. The Morgan fingerprint density at radius 1 is 1.32 bits per heavy atom. The molecule has 0 bridgehead atoms. The van der Waals surface area contributed by atoms with Gasteiger partial charge in [-0.2, -0.15) is 5.10 Å². The molecule has 0 amide bonds. The van der Waals surface area contributed by atoms with Crippen LogP contribution in [0.15, 0.2) is 12.1 Å². The minimum Gasteiger partial charge on any atom is -0.354 e. The Morgan fingerprint density at radius 2 is 2.11 bits per heavy atom. The standard InChI is InChI=1S/C14H25N5/c1-4-18(5-2)13-8-9-19(11-13)14-7-6-12(10-15-3)16-17-14/h6-7,13,15H,4-5,8-11H2,1-3H3. The first-order chi connectivity index (χ1) is 9.28. The molecule has 2 heterocycles. The predicted molar refractivity (Wildman–Crippen MR) is 78.3 cm³/mol. The van der Waals surface area contributed by atoms with Gasteiger partial charge >= 0.3 is 0 Å². The molecule has 1 saturated heterocycles. The van der Waals surface area contributed by atoms with Gasteiger partial charge in [-0.05, 0) is 38.7 Å². The van der Waals surface area contributed by atoms with Gasteiger partial charge < -0.3 is 10.2 Å². The molecule has 0 saturated carbocycles. The highest BCUT2D eigenvalue weighted by Crippen LogP contribution is 2.20. The van der Waals surface area contributed by atoms with E-state index in [-0.39, 0.29) is 0 Å². The highest BCUT2D eigenvalue weighted by Gasteiger charge is 2.26. The Morgan fingerprint density at radius 3 is 2.68 bits per heavy atom. The quantitative estimate of drug-likeness (QED) is 0.833. The lowest BCUT2D eigenvalue weighted by Gasteiger charge is -2.26. The predicted octanol–water partition coefficient (Wildman–Crippen LogP) is 1.12. The van der Waals surface area contributed by atoms with Gasteiger partial charge in [0, 0.05) is 25.7 Å². The molecular formula is C14H25N5. The van der Waals surface area contributed by atoms with E-state index in [9.17, 15) is 0 Å². The van der Waals surface area contributed by atoms with Gasteiger partial charge in [0.15, 0.2) is 5.82 Å². The van der Waals surface area contributed by atoms with Crippen LogP contribution in [0.3, 0.4) is 0 Å². The molecule has 0 aliphatic carbocycles. The number of likely N-dealkylation sites (N-methyl/N-ethyl adjacent to an activating group) is 1. The van der Waals surface area contributed by atoms with Crippen molar-refractivity contribution >= 4 is 5.82 Å². The summed E-state index contributed by atoms with van der Waals surface area (Å²) in [6.07, 6.45) is 1.22. The molecular weight excluding hydrogens is 238 g/mol. The van der Waals surface area contributed by atoms with E-state index in [2.05, 4.69) is 51.3 Å². The maximum Gasteiger partial charge on any atom is 0.151 e. The SMILES string of the molecule is CCN(CC)C1CCN(c2ccc(CNC)nn2)C1. The Hall–Kier alpha value is -1.20. The molecule has 0 aromatic carbocycles. The van der Waals surface area contributed by atoms with Crippen molar-refractivity contribution in [3.05, 3.63) is 17.8 Å². The van der Waals surface area contributed by atoms with E-state index in [0.717, 1.165) is 44.2 Å². The van der Waals surface area contributed by atoms with Crippen molar-refractivity contribution < 1.29 is 0 Å². The first-order valence-electron chi connectivity index (χ1n) is 7.24. The first kappa shape index (κ1) is 14.2. The zero-order chi connectivity index (χ0) is 13.7. The summed E-state index contributed by atoms with van der Waals surface area (Å²) >= 11 is 0. The van der Waals surface area contributed by atoms with E-state index < -0.39 is 0 Å². The summed E-state index contributed by atoms with van der Waals surface area (Å²) in [4.78, 5) is 4.88. The van der Waals surface area contributed by atoms with Crippen LogP contribution < -0.4 is 10.2 Å². The minimum atomic E-state index is 0.661. The van der Waals surface area contributed by atoms with Crippen LogP contribution in [-0.4, -0.2) is 54.4 Å². The van der Waals surface area contributed by atoms with Gasteiger partial charge in [0.2, 0.25) is 0 Å². The average molecular weight is 263 g/mol. The van der Waals surface area contributed by atoms with Gasteiger partial charge in [-0.25, -0.2) is 0 Å². The Bertz CT molecular complexity index is 374. The van der Waals surface area contributed by atoms with E-state index in [1.165, 1.54) is 6.42 Å². The van der Waals surface area contributed by atoms with Crippen LogP contribution in [0, 0.1) is 0 Å². The summed E-state index contributed by atoms with van der Waals surface area (Å²) in [5.74, 6) is 1.01. The van der Waals surface area contributed by atoms with E-state index in [0.29, 0.717) is 6.04 Å². The molecule has 1 aromatic rings. The summed E-state index contributed by atoms with van der Waals surface area (Å²) in [5, 5.41) is 11.7. The van der Waals surface area contributed by atoms with Gasteiger partial charge in [0.05, 0.1) is 5.69 Å². The molecule has 1 fully saturated rings. The smallest absolute Gasteiger partial charge is 0.151 e. The maximum absolute atomic E-state index is 4.34. The monoisotopic (exact) mass is 263 g/mol.